The number of nitro groups is 1. The van der Waals surface area contributed by atoms with Crippen LogP contribution in [0.5, 0.6) is 5.75 Å². The number of hydrogen-bond donors (Lipinski definition) is 0. The molecule has 0 aliphatic carbocycles. The lowest BCUT2D eigenvalue weighted by molar-refractivity contribution is -0.669. The first-order valence-corrected chi connectivity index (χ1v) is 9.48. The molecule has 7 nitrogen and oxygen atoms in total. The maximum atomic E-state index is 12.9. The standard InChI is InChI=1S/C23H23N2O5/c1-5-30-23(26)19-15(2)24(3)21(17-9-7-6-8-10-17)22(25(27)28)20(19)16-11-13-18(29-4)14-12-16/h6-14H,5H2,1-4H3/q+1. The molecule has 0 aliphatic rings. The molecule has 154 valence electrons. The number of pyridine rings is 1. The molecule has 0 amide bonds. The Balaban J connectivity index is 2.47. The van der Waals surface area contributed by atoms with E-state index in [1.165, 1.54) is 0 Å². The number of esters is 1. The van der Waals surface area contributed by atoms with E-state index in [4.69, 9.17) is 9.47 Å². The monoisotopic (exact) mass is 407 g/mol. The molecule has 0 radical (unpaired) electrons. The molecule has 2 aromatic carbocycles. The van der Waals surface area contributed by atoms with Crippen molar-refractivity contribution in [3.05, 3.63) is 76.0 Å². The number of hydrogen-bond acceptors (Lipinski definition) is 5. The second-order valence-corrected chi connectivity index (χ2v) is 6.66. The highest BCUT2D eigenvalue weighted by Crippen LogP contribution is 2.40. The smallest absolute Gasteiger partial charge is 0.349 e. The van der Waals surface area contributed by atoms with Gasteiger partial charge in [-0.1, -0.05) is 30.3 Å². The van der Waals surface area contributed by atoms with Gasteiger partial charge in [0.25, 0.3) is 5.69 Å². The fourth-order valence-corrected chi connectivity index (χ4v) is 3.51. The zero-order chi connectivity index (χ0) is 21.8. The molecular weight excluding hydrogens is 384 g/mol. The van der Waals surface area contributed by atoms with Crippen molar-refractivity contribution in [1.82, 2.24) is 0 Å². The number of aromatic nitrogens is 1. The molecule has 1 aromatic heterocycles. The molecule has 0 atom stereocenters. The predicted molar refractivity (Wildman–Crippen MR) is 112 cm³/mol. The molecule has 7 heteroatoms. The number of carbonyl (C=O) groups is 1. The molecule has 0 spiro atoms. The summed E-state index contributed by atoms with van der Waals surface area (Å²) in [5.41, 5.74) is 2.46. The summed E-state index contributed by atoms with van der Waals surface area (Å²) in [5.74, 6) is 0.0136. The van der Waals surface area contributed by atoms with Crippen molar-refractivity contribution in [2.75, 3.05) is 13.7 Å². The summed E-state index contributed by atoms with van der Waals surface area (Å²) < 4.78 is 12.1. The lowest BCUT2D eigenvalue weighted by atomic mass is 9.93. The minimum absolute atomic E-state index is 0.150. The van der Waals surface area contributed by atoms with Gasteiger partial charge in [0, 0.05) is 6.92 Å². The molecule has 0 aliphatic heterocycles. The Morgan fingerprint density at radius 3 is 2.23 bits per heavy atom. The highest BCUT2D eigenvalue weighted by atomic mass is 16.6. The summed E-state index contributed by atoms with van der Waals surface area (Å²) in [6, 6.07) is 15.9. The third-order valence-electron chi connectivity index (χ3n) is 5.00. The molecule has 0 unspecified atom stereocenters. The van der Waals surface area contributed by atoms with Gasteiger partial charge in [-0.25, -0.2) is 4.79 Å². The van der Waals surface area contributed by atoms with Crippen LogP contribution in [0.1, 0.15) is 23.0 Å². The average Bonchev–Trinajstić information content (AvgIpc) is 2.75. The lowest BCUT2D eigenvalue weighted by Gasteiger charge is -2.14. The quantitative estimate of drug-likeness (QED) is 0.264. The van der Waals surface area contributed by atoms with E-state index in [0.29, 0.717) is 28.3 Å². The van der Waals surface area contributed by atoms with Crippen LogP contribution in [-0.4, -0.2) is 24.6 Å². The maximum Gasteiger partial charge on any atom is 0.349 e. The number of rotatable bonds is 6. The second kappa shape index (κ2) is 8.73. The van der Waals surface area contributed by atoms with Crippen molar-refractivity contribution in [3.63, 3.8) is 0 Å². The summed E-state index contributed by atoms with van der Waals surface area (Å²) >= 11 is 0. The number of ether oxygens (including phenoxy) is 2. The minimum Gasteiger partial charge on any atom is -0.497 e. The van der Waals surface area contributed by atoms with E-state index in [2.05, 4.69) is 0 Å². The summed E-state index contributed by atoms with van der Waals surface area (Å²) in [7, 11) is 3.26. The first-order valence-electron chi connectivity index (χ1n) is 9.48. The average molecular weight is 407 g/mol. The van der Waals surface area contributed by atoms with Gasteiger partial charge < -0.3 is 9.47 Å². The van der Waals surface area contributed by atoms with Crippen LogP contribution in [0.4, 0.5) is 5.69 Å². The van der Waals surface area contributed by atoms with Crippen LogP contribution in [0.15, 0.2) is 54.6 Å². The SMILES string of the molecule is CCOC(=O)c1c(-c2ccc(OC)cc2)c([N+](=O)[O-])c(-c2ccccc2)[n+](C)c1C. The van der Waals surface area contributed by atoms with Crippen LogP contribution in [0.2, 0.25) is 0 Å². The van der Waals surface area contributed by atoms with E-state index in [0.717, 1.165) is 0 Å². The maximum absolute atomic E-state index is 12.9. The Kier molecular flexibility index (Phi) is 6.11. The highest BCUT2D eigenvalue weighted by molar-refractivity contribution is 6.02. The van der Waals surface area contributed by atoms with Crippen LogP contribution >= 0.6 is 0 Å². The van der Waals surface area contributed by atoms with Gasteiger partial charge in [-0.2, -0.15) is 4.57 Å². The minimum atomic E-state index is -0.598. The number of benzene rings is 2. The molecule has 3 aromatic rings. The molecule has 0 N–H and O–H groups in total. The van der Waals surface area contributed by atoms with E-state index >= 15 is 0 Å². The molecule has 0 fully saturated rings. The Bertz CT molecular complexity index is 1090. The summed E-state index contributed by atoms with van der Waals surface area (Å²) in [6.45, 7) is 3.63. The molecule has 0 saturated heterocycles. The Labute approximate surface area is 174 Å². The van der Waals surface area contributed by atoms with Gasteiger partial charge in [0.05, 0.1) is 29.8 Å². The van der Waals surface area contributed by atoms with Crippen molar-refractivity contribution in [2.24, 2.45) is 7.05 Å². The van der Waals surface area contributed by atoms with Crippen LogP contribution in [-0.2, 0) is 11.8 Å². The molecule has 0 saturated carbocycles. The topological polar surface area (TPSA) is 82.5 Å². The van der Waals surface area contributed by atoms with Gasteiger partial charge in [-0.3, -0.25) is 10.1 Å². The summed E-state index contributed by atoms with van der Waals surface area (Å²) in [4.78, 5) is 24.8. The largest absolute Gasteiger partial charge is 0.497 e. The van der Waals surface area contributed by atoms with E-state index in [1.807, 2.05) is 30.3 Å². The van der Waals surface area contributed by atoms with Gasteiger partial charge in [0.15, 0.2) is 5.69 Å². The van der Waals surface area contributed by atoms with Crippen LogP contribution in [0, 0.1) is 17.0 Å². The van der Waals surface area contributed by atoms with Crippen molar-refractivity contribution < 1.29 is 23.8 Å². The summed E-state index contributed by atoms with van der Waals surface area (Å²) in [6.07, 6.45) is 0. The van der Waals surface area contributed by atoms with Gasteiger partial charge in [-0.05, 0) is 36.8 Å². The van der Waals surface area contributed by atoms with Gasteiger partial charge in [0.2, 0.25) is 0 Å². The third kappa shape index (κ3) is 3.74. The molecule has 30 heavy (non-hydrogen) atoms. The number of methoxy groups -OCH3 is 1. The number of carbonyl (C=O) groups excluding carboxylic acids is 1. The zero-order valence-electron chi connectivity index (χ0n) is 17.3. The first kappa shape index (κ1) is 21.0. The second-order valence-electron chi connectivity index (χ2n) is 6.66. The normalized spacial score (nSPS) is 10.5. The summed E-state index contributed by atoms with van der Waals surface area (Å²) in [5, 5.41) is 12.3. The highest BCUT2D eigenvalue weighted by Gasteiger charge is 2.38. The van der Waals surface area contributed by atoms with Gasteiger partial charge >= 0.3 is 11.7 Å². The van der Waals surface area contributed by atoms with Crippen molar-refractivity contribution in [1.29, 1.82) is 0 Å². The molecule has 0 bridgehead atoms. The predicted octanol–water partition coefficient (Wildman–Crippen LogP) is 4.25. The molecule has 3 rings (SSSR count). The van der Waals surface area contributed by atoms with E-state index in [9.17, 15) is 14.9 Å². The van der Waals surface area contributed by atoms with Crippen LogP contribution in [0.3, 0.4) is 0 Å². The van der Waals surface area contributed by atoms with Crippen molar-refractivity contribution >= 4 is 11.7 Å². The first-order chi connectivity index (χ1) is 14.4. The molecule has 1 heterocycles. The van der Waals surface area contributed by atoms with Crippen LogP contribution < -0.4 is 9.30 Å². The Hall–Kier alpha value is -3.74. The van der Waals surface area contributed by atoms with Crippen molar-refractivity contribution in [3.8, 4) is 28.1 Å². The van der Waals surface area contributed by atoms with E-state index < -0.39 is 10.9 Å². The van der Waals surface area contributed by atoms with Crippen molar-refractivity contribution in [2.45, 2.75) is 13.8 Å². The Morgan fingerprint density at radius 1 is 1.07 bits per heavy atom. The zero-order valence-corrected chi connectivity index (χ0v) is 17.3. The molecular formula is C23H23N2O5+. The van der Waals surface area contributed by atoms with E-state index in [1.54, 1.807) is 56.8 Å². The Morgan fingerprint density at radius 2 is 1.70 bits per heavy atom. The number of nitrogens with zero attached hydrogens (tertiary/aromatic N) is 2. The van der Waals surface area contributed by atoms with Gasteiger partial charge in [0.1, 0.15) is 18.4 Å². The fourth-order valence-electron chi connectivity index (χ4n) is 3.51. The lowest BCUT2D eigenvalue weighted by Crippen LogP contribution is -2.38. The van der Waals surface area contributed by atoms with Gasteiger partial charge in [-0.15, -0.1) is 0 Å². The third-order valence-corrected chi connectivity index (χ3v) is 5.00. The van der Waals surface area contributed by atoms with E-state index in [-0.39, 0.29) is 23.4 Å². The fraction of sp³-hybridized carbons (Fsp3) is 0.217. The van der Waals surface area contributed by atoms with Crippen LogP contribution in [0.25, 0.3) is 22.4 Å².